The van der Waals surface area contributed by atoms with Gasteiger partial charge in [-0.1, -0.05) is 20.8 Å². The van der Waals surface area contributed by atoms with E-state index in [0.29, 0.717) is 13.2 Å². The quantitative estimate of drug-likeness (QED) is 0.580. The molecule has 1 aliphatic heterocycles. The van der Waals surface area contributed by atoms with Crippen molar-refractivity contribution in [2.75, 3.05) is 13.2 Å². The molecular weight excluding hydrogens is 167 g/mol. The fourth-order valence-corrected chi connectivity index (χ4v) is 1.49. The van der Waals surface area contributed by atoms with Crippen molar-refractivity contribution >= 4 is 7.82 Å². The van der Waals surface area contributed by atoms with Gasteiger partial charge in [-0.25, -0.2) is 4.57 Å². The summed E-state index contributed by atoms with van der Waals surface area (Å²) in [6, 6.07) is 0. The minimum absolute atomic E-state index is 0.222. The van der Waals surface area contributed by atoms with Gasteiger partial charge in [-0.05, 0) is 0 Å². The van der Waals surface area contributed by atoms with Gasteiger partial charge in [0.15, 0.2) is 0 Å². The Morgan fingerprint density at radius 3 is 2.00 bits per heavy atom. The summed E-state index contributed by atoms with van der Waals surface area (Å²) in [5.74, 6) is 0.222. The fourth-order valence-electron chi connectivity index (χ4n) is 0.528. The molecule has 11 heavy (non-hydrogen) atoms. The molecule has 0 unspecified atom stereocenters. The lowest BCUT2D eigenvalue weighted by Gasteiger charge is -2.21. The highest BCUT2D eigenvalue weighted by atomic mass is 31.2. The Kier molecular flexibility index (Phi) is 4.93. The second-order valence-electron chi connectivity index (χ2n) is 2.17. The highest BCUT2D eigenvalue weighted by Crippen LogP contribution is 2.46. The molecule has 1 saturated heterocycles. The van der Waals surface area contributed by atoms with Crippen molar-refractivity contribution in [3.8, 4) is 0 Å². The summed E-state index contributed by atoms with van der Waals surface area (Å²) in [4.78, 5) is 8.60. The van der Waals surface area contributed by atoms with Gasteiger partial charge in [0, 0.05) is 5.92 Å². The zero-order chi connectivity index (χ0) is 8.91. The lowest BCUT2D eigenvalue weighted by atomic mass is 10.2. The first-order chi connectivity index (χ1) is 5.10. The number of phosphoric ester groups is 1. The average Bonchev–Trinajstić information content (AvgIpc) is 2.00. The van der Waals surface area contributed by atoms with Crippen LogP contribution < -0.4 is 0 Å². The van der Waals surface area contributed by atoms with Gasteiger partial charge < -0.3 is 4.89 Å². The molecule has 1 aliphatic rings. The zero-order valence-corrected chi connectivity index (χ0v) is 8.01. The maximum Gasteiger partial charge on any atom is 0.472 e. The van der Waals surface area contributed by atoms with Gasteiger partial charge in [-0.15, -0.1) is 0 Å². The lowest BCUT2D eigenvalue weighted by molar-refractivity contribution is 0.0652. The Bertz CT molecular complexity index is 136. The van der Waals surface area contributed by atoms with E-state index in [-0.39, 0.29) is 5.92 Å². The molecule has 1 rings (SSSR count). The zero-order valence-electron chi connectivity index (χ0n) is 7.11. The Labute approximate surface area is 67.1 Å². The van der Waals surface area contributed by atoms with Gasteiger partial charge in [-0.3, -0.25) is 9.05 Å². The molecule has 1 N–H and O–H groups in total. The average molecular weight is 182 g/mol. The van der Waals surface area contributed by atoms with Crippen molar-refractivity contribution in [2.45, 2.75) is 20.8 Å². The van der Waals surface area contributed by atoms with E-state index >= 15 is 0 Å². The van der Waals surface area contributed by atoms with Crippen molar-refractivity contribution in [3.63, 3.8) is 0 Å². The Hall–Kier alpha value is 0.110. The van der Waals surface area contributed by atoms with Gasteiger partial charge in [0.25, 0.3) is 0 Å². The third-order valence-electron chi connectivity index (χ3n) is 1.04. The number of phosphoric acid groups is 1. The van der Waals surface area contributed by atoms with Crippen LogP contribution in [0.1, 0.15) is 20.8 Å². The van der Waals surface area contributed by atoms with Gasteiger partial charge in [0.1, 0.15) is 0 Å². The SMILES string of the molecule is CC.CC1COP(=O)(O)OC1. The molecule has 0 aromatic rings. The molecule has 0 radical (unpaired) electrons. The molecule has 1 fully saturated rings. The van der Waals surface area contributed by atoms with Gasteiger partial charge in [-0.2, -0.15) is 0 Å². The first-order valence-electron chi connectivity index (χ1n) is 3.72. The Morgan fingerprint density at radius 2 is 1.73 bits per heavy atom. The summed E-state index contributed by atoms with van der Waals surface area (Å²) in [5, 5.41) is 0. The molecule has 0 aliphatic carbocycles. The molecule has 0 bridgehead atoms. The first-order valence-corrected chi connectivity index (χ1v) is 5.21. The fraction of sp³-hybridized carbons (Fsp3) is 1.00. The van der Waals surface area contributed by atoms with Crippen LogP contribution in [0, 0.1) is 5.92 Å². The summed E-state index contributed by atoms with van der Waals surface area (Å²) in [5.41, 5.74) is 0. The third kappa shape index (κ3) is 4.53. The predicted molar refractivity (Wildman–Crippen MR) is 42.2 cm³/mol. The maximum atomic E-state index is 10.5. The van der Waals surface area contributed by atoms with Crippen molar-refractivity contribution in [3.05, 3.63) is 0 Å². The van der Waals surface area contributed by atoms with Gasteiger partial charge >= 0.3 is 7.82 Å². The minimum atomic E-state index is -3.62. The molecule has 5 heteroatoms. The minimum Gasteiger partial charge on any atom is -0.302 e. The van der Waals surface area contributed by atoms with E-state index in [1.54, 1.807) is 0 Å². The van der Waals surface area contributed by atoms with Crippen LogP contribution in [0.4, 0.5) is 0 Å². The second-order valence-corrected chi connectivity index (χ2v) is 3.62. The van der Waals surface area contributed by atoms with Gasteiger partial charge in [0.2, 0.25) is 0 Å². The largest absolute Gasteiger partial charge is 0.472 e. The van der Waals surface area contributed by atoms with E-state index < -0.39 is 7.82 Å². The third-order valence-corrected chi connectivity index (χ3v) is 2.00. The van der Waals surface area contributed by atoms with Crippen molar-refractivity contribution < 1.29 is 18.5 Å². The smallest absolute Gasteiger partial charge is 0.302 e. The van der Waals surface area contributed by atoms with Crippen LogP contribution in [0.25, 0.3) is 0 Å². The van der Waals surface area contributed by atoms with E-state index in [9.17, 15) is 4.57 Å². The molecule has 0 aromatic heterocycles. The maximum absolute atomic E-state index is 10.5. The standard InChI is InChI=1S/C4H9O4P.C2H6/c1-4-2-7-9(5,6)8-3-4;1-2/h4H,2-3H2,1H3,(H,5,6);1-2H3. The Balaban J connectivity index is 0.000000461. The molecule has 4 nitrogen and oxygen atoms in total. The van der Waals surface area contributed by atoms with Crippen LogP contribution in [0.3, 0.4) is 0 Å². The summed E-state index contributed by atoms with van der Waals surface area (Å²) in [6.45, 7) is 6.51. The topological polar surface area (TPSA) is 55.8 Å². The molecule has 0 spiro atoms. The van der Waals surface area contributed by atoms with Crippen molar-refractivity contribution in [1.82, 2.24) is 0 Å². The van der Waals surface area contributed by atoms with E-state index in [1.807, 2.05) is 20.8 Å². The highest BCUT2D eigenvalue weighted by molar-refractivity contribution is 7.47. The second kappa shape index (κ2) is 4.88. The first kappa shape index (κ1) is 11.1. The molecule has 0 aromatic carbocycles. The normalized spacial score (nSPS) is 37.3. The number of hydrogen-bond acceptors (Lipinski definition) is 3. The molecule has 0 atom stereocenters. The van der Waals surface area contributed by atoms with Crippen molar-refractivity contribution in [2.24, 2.45) is 5.92 Å². The van der Waals surface area contributed by atoms with Crippen LogP contribution >= 0.6 is 7.82 Å². The molecule has 68 valence electrons. The summed E-state index contributed by atoms with van der Waals surface area (Å²) < 4.78 is 19.4. The van der Waals surface area contributed by atoms with Gasteiger partial charge in [0.05, 0.1) is 13.2 Å². The summed E-state index contributed by atoms with van der Waals surface area (Å²) >= 11 is 0. The van der Waals surface area contributed by atoms with E-state index in [0.717, 1.165) is 0 Å². The molecule has 0 amide bonds. The number of rotatable bonds is 0. The summed E-state index contributed by atoms with van der Waals surface area (Å²) in [6.07, 6.45) is 0. The summed E-state index contributed by atoms with van der Waals surface area (Å²) in [7, 11) is -3.62. The monoisotopic (exact) mass is 182 g/mol. The van der Waals surface area contributed by atoms with Crippen LogP contribution in [0.15, 0.2) is 0 Å². The molecular formula is C6H15O4P. The molecule has 1 heterocycles. The lowest BCUT2D eigenvalue weighted by Crippen LogP contribution is -2.17. The highest BCUT2D eigenvalue weighted by Gasteiger charge is 2.27. The van der Waals surface area contributed by atoms with Crippen LogP contribution in [0.2, 0.25) is 0 Å². The van der Waals surface area contributed by atoms with Crippen LogP contribution in [-0.2, 0) is 13.6 Å². The number of hydrogen-bond donors (Lipinski definition) is 1. The van der Waals surface area contributed by atoms with Crippen molar-refractivity contribution in [1.29, 1.82) is 0 Å². The van der Waals surface area contributed by atoms with E-state index in [1.165, 1.54) is 0 Å². The van der Waals surface area contributed by atoms with Crippen LogP contribution in [0.5, 0.6) is 0 Å². The van der Waals surface area contributed by atoms with E-state index in [2.05, 4.69) is 9.05 Å². The molecule has 0 saturated carbocycles. The Morgan fingerprint density at radius 1 is 1.36 bits per heavy atom. The van der Waals surface area contributed by atoms with Crippen LogP contribution in [-0.4, -0.2) is 18.1 Å². The van der Waals surface area contributed by atoms with E-state index in [4.69, 9.17) is 4.89 Å². The predicted octanol–water partition coefficient (Wildman–Crippen LogP) is 1.80.